The van der Waals surface area contributed by atoms with Crippen LogP contribution in [-0.4, -0.2) is 30.3 Å². The van der Waals surface area contributed by atoms with Gasteiger partial charge in [0.1, 0.15) is 17.2 Å². The van der Waals surface area contributed by atoms with Gasteiger partial charge in [-0.15, -0.1) is 0 Å². The van der Waals surface area contributed by atoms with E-state index in [2.05, 4.69) is 5.32 Å². The fourth-order valence-electron chi connectivity index (χ4n) is 3.39. The number of hydrogen-bond acceptors (Lipinski definition) is 4. The van der Waals surface area contributed by atoms with Gasteiger partial charge in [-0.05, 0) is 35.9 Å². The predicted octanol–water partition coefficient (Wildman–Crippen LogP) is 4.44. The molecule has 4 aromatic rings. The van der Waals surface area contributed by atoms with E-state index in [4.69, 9.17) is 9.47 Å². The van der Waals surface area contributed by atoms with Gasteiger partial charge in [0.25, 0.3) is 11.7 Å². The van der Waals surface area contributed by atoms with Gasteiger partial charge in [-0.3, -0.25) is 9.59 Å². The number of nitrogens with one attached hydrogen (secondary N) is 1. The van der Waals surface area contributed by atoms with E-state index in [-0.39, 0.29) is 0 Å². The molecule has 0 saturated carbocycles. The summed E-state index contributed by atoms with van der Waals surface area (Å²) in [6.45, 7) is 0. The van der Waals surface area contributed by atoms with Gasteiger partial charge in [-0.1, -0.05) is 36.4 Å². The van der Waals surface area contributed by atoms with Crippen molar-refractivity contribution in [1.82, 2.24) is 4.40 Å². The van der Waals surface area contributed by atoms with Gasteiger partial charge in [0.05, 0.1) is 19.9 Å². The number of ketones is 1. The number of carbonyl (C=O) groups excluding carboxylic acids is 2. The third-order valence-corrected chi connectivity index (χ3v) is 4.84. The largest absolute Gasteiger partial charge is 0.497 e. The van der Waals surface area contributed by atoms with Crippen molar-refractivity contribution in [2.24, 2.45) is 0 Å². The topological polar surface area (TPSA) is 69.0 Å². The van der Waals surface area contributed by atoms with Crippen molar-refractivity contribution in [2.45, 2.75) is 0 Å². The fraction of sp³-hybridized carbons (Fsp3) is 0.0833. The maximum Gasteiger partial charge on any atom is 0.298 e. The first kappa shape index (κ1) is 19.3. The van der Waals surface area contributed by atoms with Crippen LogP contribution in [0.1, 0.15) is 10.5 Å². The lowest BCUT2D eigenvalue weighted by Crippen LogP contribution is -2.25. The molecule has 1 amide bonds. The SMILES string of the molecule is COc1ccc(OC)c(NC(=O)C(=O)c2c(-c3ccccc3)cc3ccccn23)c1. The Hall–Kier alpha value is -4.06. The minimum atomic E-state index is -0.761. The number of aromatic nitrogens is 1. The Morgan fingerprint density at radius 3 is 2.37 bits per heavy atom. The lowest BCUT2D eigenvalue weighted by molar-refractivity contribution is -0.112. The van der Waals surface area contributed by atoms with Crippen molar-refractivity contribution in [1.29, 1.82) is 0 Å². The molecule has 0 atom stereocenters. The zero-order valence-corrected chi connectivity index (χ0v) is 16.6. The number of rotatable bonds is 6. The summed E-state index contributed by atoms with van der Waals surface area (Å²) in [5.41, 5.74) is 3.04. The molecule has 0 fully saturated rings. The number of methoxy groups -OCH3 is 2. The van der Waals surface area contributed by atoms with E-state index in [1.807, 2.05) is 54.6 Å². The molecule has 0 aliphatic carbocycles. The number of Topliss-reactive ketones (excluding diaryl/α,β-unsaturated/α-hetero) is 1. The molecule has 0 aliphatic heterocycles. The number of hydrogen-bond donors (Lipinski definition) is 1. The molecule has 4 rings (SSSR count). The number of carbonyl (C=O) groups is 2. The summed E-state index contributed by atoms with van der Waals surface area (Å²) in [4.78, 5) is 26.2. The summed E-state index contributed by atoms with van der Waals surface area (Å²) in [6, 6.07) is 22.0. The highest BCUT2D eigenvalue weighted by Gasteiger charge is 2.25. The van der Waals surface area contributed by atoms with Crippen molar-refractivity contribution < 1.29 is 19.1 Å². The Kier molecular flexibility index (Phi) is 5.22. The summed E-state index contributed by atoms with van der Waals surface area (Å²) in [6.07, 6.45) is 1.77. The van der Waals surface area contributed by atoms with Crippen molar-refractivity contribution in [3.63, 3.8) is 0 Å². The highest BCUT2D eigenvalue weighted by atomic mass is 16.5. The monoisotopic (exact) mass is 400 g/mol. The zero-order chi connectivity index (χ0) is 21.1. The number of amides is 1. The van der Waals surface area contributed by atoms with Crippen LogP contribution in [0.5, 0.6) is 11.5 Å². The Labute approximate surface area is 173 Å². The second-order valence-corrected chi connectivity index (χ2v) is 6.62. The molecule has 150 valence electrons. The van der Waals surface area contributed by atoms with Crippen LogP contribution in [0, 0.1) is 0 Å². The number of ether oxygens (including phenoxy) is 2. The van der Waals surface area contributed by atoms with Crippen LogP contribution in [0.25, 0.3) is 16.6 Å². The molecule has 2 aromatic heterocycles. The Bertz CT molecular complexity index is 1230. The molecule has 30 heavy (non-hydrogen) atoms. The van der Waals surface area contributed by atoms with E-state index in [1.165, 1.54) is 14.2 Å². The molecule has 0 spiro atoms. The van der Waals surface area contributed by atoms with E-state index in [0.29, 0.717) is 28.4 Å². The number of nitrogens with zero attached hydrogens (tertiary/aromatic N) is 1. The van der Waals surface area contributed by atoms with Crippen molar-refractivity contribution in [3.8, 4) is 22.6 Å². The van der Waals surface area contributed by atoms with Crippen molar-refractivity contribution in [2.75, 3.05) is 19.5 Å². The molecule has 6 heteroatoms. The number of anilines is 1. The molecule has 1 N–H and O–H groups in total. The second-order valence-electron chi connectivity index (χ2n) is 6.62. The molecular weight excluding hydrogens is 380 g/mol. The Balaban J connectivity index is 1.76. The van der Waals surface area contributed by atoms with Crippen molar-refractivity contribution in [3.05, 3.63) is 84.7 Å². The zero-order valence-electron chi connectivity index (χ0n) is 16.6. The average molecular weight is 400 g/mol. The predicted molar refractivity (Wildman–Crippen MR) is 115 cm³/mol. The third kappa shape index (κ3) is 3.51. The first-order valence-corrected chi connectivity index (χ1v) is 9.35. The van der Waals surface area contributed by atoms with E-state index in [9.17, 15) is 9.59 Å². The Morgan fingerprint density at radius 2 is 1.63 bits per heavy atom. The molecule has 2 aromatic carbocycles. The molecule has 0 radical (unpaired) electrons. The average Bonchev–Trinajstić information content (AvgIpc) is 3.18. The summed E-state index contributed by atoms with van der Waals surface area (Å²) in [7, 11) is 3.02. The summed E-state index contributed by atoms with van der Waals surface area (Å²) >= 11 is 0. The fourth-order valence-corrected chi connectivity index (χ4v) is 3.39. The quantitative estimate of drug-likeness (QED) is 0.384. The third-order valence-electron chi connectivity index (χ3n) is 4.84. The molecule has 0 aliphatic rings. The van der Waals surface area contributed by atoms with Gasteiger partial charge >= 0.3 is 0 Å². The van der Waals surface area contributed by atoms with E-state index < -0.39 is 11.7 Å². The number of pyridine rings is 1. The molecule has 2 heterocycles. The van der Waals surface area contributed by atoms with Gasteiger partial charge in [0, 0.05) is 23.3 Å². The van der Waals surface area contributed by atoms with Gasteiger partial charge in [-0.25, -0.2) is 0 Å². The molecular formula is C24H20N2O4. The maximum atomic E-state index is 13.3. The highest BCUT2D eigenvalue weighted by Crippen LogP contribution is 2.31. The van der Waals surface area contributed by atoms with Gasteiger partial charge in [0.2, 0.25) is 0 Å². The highest BCUT2D eigenvalue weighted by molar-refractivity contribution is 6.47. The second kappa shape index (κ2) is 8.13. The van der Waals surface area contributed by atoms with Crippen LogP contribution in [-0.2, 0) is 4.79 Å². The Morgan fingerprint density at radius 1 is 0.867 bits per heavy atom. The van der Waals surface area contributed by atoms with Crippen molar-refractivity contribution >= 4 is 22.9 Å². The molecule has 0 unspecified atom stereocenters. The minimum absolute atomic E-state index is 0.302. The van der Waals surface area contributed by atoms with Gasteiger partial charge in [-0.2, -0.15) is 0 Å². The number of benzene rings is 2. The van der Waals surface area contributed by atoms with Crippen LogP contribution < -0.4 is 14.8 Å². The van der Waals surface area contributed by atoms with E-state index in [1.54, 1.807) is 28.8 Å². The smallest absolute Gasteiger partial charge is 0.298 e. The van der Waals surface area contributed by atoms with E-state index >= 15 is 0 Å². The summed E-state index contributed by atoms with van der Waals surface area (Å²) in [5, 5.41) is 2.66. The first-order chi connectivity index (χ1) is 14.6. The minimum Gasteiger partial charge on any atom is -0.497 e. The molecule has 0 bridgehead atoms. The summed E-state index contributed by atoms with van der Waals surface area (Å²) < 4.78 is 12.2. The maximum absolute atomic E-state index is 13.3. The lowest BCUT2D eigenvalue weighted by atomic mass is 10.0. The van der Waals surface area contributed by atoms with Crippen LogP contribution >= 0.6 is 0 Å². The van der Waals surface area contributed by atoms with Gasteiger partial charge < -0.3 is 19.2 Å². The first-order valence-electron chi connectivity index (χ1n) is 9.35. The lowest BCUT2D eigenvalue weighted by Gasteiger charge is -2.12. The molecule has 0 saturated heterocycles. The normalized spacial score (nSPS) is 10.6. The summed E-state index contributed by atoms with van der Waals surface area (Å²) in [5.74, 6) is -0.440. The van der Waals surface area contributed by atoms with Crippen LogP contribution in [0.2, 0.25) is 0 Å². The standard InChI is InChI=1S/C24H20N2O4/c1-29-18-11-12-21(30-2)20(15-18)25-24(28)23(27)22-19(16-8-4-3-5-9-16)14-17-10-6-7-13-26(17)22/h3-15H,1-2H3,(H,25,28). The van der Waals surface area contributed by atoms with Crippen LogP contribution in [0.15, 0.2) is 79.0 Å². The van der Waals surface area contributed by atoms with Gasteiger partial charge in [0.15, 0.2) is 0 Å². The molecule has 6 nitrogen and oxygen atoms in total. The van der Waals surface area contributed by atoms with E-state index in [0.717, 1.165) is 11.1 Å². The van der Waals surface area contributed by atoms with Crippen LogP contribution in [0.3, 0.4) is 0 Å². The number of fused-ring (bicyclic) bond motifs is 1. The van der Waals surface area contributed by atoms with Crippen LogP contribution in [0.4, 0.5) is 5.69 Å².